The second-order valence-electron chi connectivity index (χ2n) is 8.95. The average Bonchev–Trinajstić information content (AvgIpc) is 3.24. The largest absolute Gasteiger partial charge is 0.497 e. The normalized spacial score (nSPS) is 16.9. The number of methoxy groups -OCH3 is 1. The molecule has 2 aromatic heterocycles. The number of fused-ring (bicyclic) bond motifs is 1. The number of carbonyl (C=O) groups is 2. The Bertz CT molecular complexity index is 1370. The summed E-state index contributed by atoms with van der Waals surface area (Å²) in [5.41, 5.74) is 2.51. The van der Waals surface area contributed by atoms with Gasteiger partial charge in [0.2, 0.25) is 5.78 Å². The number of quaternary nitrogens is 1. The first-order chi connectivity index (χ1) is 17.6. The van der Waals surface area contributed by atoms with Crippen molar-refractivity contribution >= 4 is 29.5 Å². The number of anilines is 1. The molecular weight excluding hydrogens is 456 g/mol. The number of ether oxygens (including phenoxy) is 1. The van der Waals surface area contributed by atoms with E-state index in [4.69, 9.17) is 4.74 Å². The molecule has 2 aliphatic heterocycles. The number of rotatable bonds is 7. The minimum absolute atomic E-state index is 0.0893. The van der Waals surface area contributed by atoms with Crippen molar-refractivity contribution in [3.8, 4) is 11.8 Å². The molecule has 1 N–H and O–H groups in total. The van der Waals surface area contributed by atoms with E-state index in [9.17, 15) is 14.9 Å². The number of aliphatic imine (C=N–C) groups is 1. The van der Waals surface area contributed by atoms with Crippen molar-refractivity contribution in [3.63, 3.8) is 0 Å². The number of aromatic nitrogens is 2. The van der Waals surface area contributed by atoms with Crippen LogP contribution in [0, 0.1) is 11.3 Å². The lowest BCUT2D eigenvalue weighted by Crippen LogP contribution is -3.15. The third kappa shape index (κ3) is 4.39. The Morgan fingerprint density at radius 1 is 1.19 bits per heavy atom. The molecule has 5 rings (SSSR count). The molecule has 182 valence electrons. The van der Waals surface area contributed by atoms with Gasteiger partial charge < -0.3 is 14.2 Å². The van der Waals surface area contributed by atoms with Crippen LogP contribution in [-0.2, 0) is 6.54 Å². The van der Waals surface area contributed by atoms with E-state index in [-0.39, 0.29) is 18.2 Å². The zero-order chi connectivity index (χ0) is 25.1. The minimum atomic E-state index is -0.278. The van der Waals surface area contributed by atoms with Crippen molar-refractivity contribution in [2.45, 2.75) is 25.8 Å². The van der Waals surface area contributed by atoms with E-state index in [1.165, 1.54) is 6.34 Å². The first kappa shape index (κ1) is 23.5. The monoisotopic (exact) mass is 483 g/mol. The number of pyridine rings is 1. The smallest absolute Gasteiger partial charge is 0.369 e. The summed E-state index contributed by atoms with van der Waals surface area (Å²) in [4.78, 5) is 38.1. The summed E-state index contributed by atoms with van der Waals surface area (Å²) in [5.74, 6) is 0.818. The van der Waals surface area contributed by atoms with E-state index in [1.54, 1.807) is 43.8 Å². The van der Waals surface area contributed by atoms with Gasteiger partial charge in [-0.05, 0) is 43.0 Å². The quantitative estimate of drug-likeness (QED) is 0.518. The molecule has 1 unspecified atom stereocenters. The highest BCUT2D eigenvalue weighted by Crippen LogP contribution is 2.38. The minimum Gasteiger partial charge on any atom is -0.497 e. The molecule has 0 aliphatic carbocycles. The van der Waals surface area contributed by atoms with E-state index in [1.807, 2.05) is 16.7 Å². The third-order valence-corrected chi connectivity index (χ3v) is 6.64. The maximum Gasteiger partial charge on any atom is 0.369 e. The number of nitrogens with one attached hydrogen (secondary N) is 1. The van der Waals surface area contributed by atoms with Crippen molar-refractivity contribution in [2.24, 2.45) is 4.99 Å². The Balaban J connectivity index is 1.54. The van der Waals surface area contributed by atoms with Crippen LogP contribution in [0.25, 0.3) is 0 Å². The number of hydrogen-bond acceptors (Lipinski definition) is 7. The maximum absolute atomic E-state index is 13.8. The third-order valence-electron chi connectivity index (χ3n) is 6.64. The van der Waals surface area contributed by atoms with Crippen LogP contribution in [0.15, 0.2) is 53.8 Å². The van der Waals surface area contributed by atoms with Gasteiger partial charge in [0.05, 0.1) is 13.7 Å². The van der Waals surface area contributed by atoms with Crippen molar-refractivity contribution < 1.29 is 19.2 Å². The lowest BCUT2D eigenvalue weighted by atomic mass is 10.1. The molecule has 9 nitrogen and oxygen atoms in total. The van der Waals surface area contributed by atoms with Crippen molar-refractivity contribution in [1.29, 1.82) is 5.26 Å². The topological polar surface area (TPSA) is 105 Å². The summed E-state index contributed by atoms with van der Waals surface area (Å²) >= 11 is 0. The summed E-state index contributed by atoms with van der Waals surface area (Å²) in [6, 6.07) is 13.0. The molecule has 0 spiro atoms. The molecule has 1 amide bonds. The highest BCUT2D eigenvalue weighted by atomic mass is 16.5. The molecule has 1 aromatic carbocycles. The van der Waals surface area contributed by atoms with Gasteiger partial charge in [-0.15, -0.1) is 0 Å². The number of ketones is 1. The number of piperidine rings is 1. The van der Waals surface area contributed by atoms with Gasteiger partial charge in [0.15, 0.2) is 18.6 Å². The van der Waals surface area contributed by atoms with E-state index >= 15 is 0 Å². The van der Waals surface area contributed by atoms with Gasteiger partial charge in [-0.1, -0.05) is 18.2 Å². The molecule has 4 heterocycles. The van der Waals surface area contributed by atoms with Gasteiger partial charge >= 0.3 is 5.91 Å². The van der Waals surface area contributed by atoms with Crippen LogP contribution >= 0.6 is 0 Å². The number of Topliss-reactive ketones (excluding diaryl/α,β-unsaturated/α-hetero) is 1. The molecule has 1 atom stereocenters. The summed E-state index contributed by atoms with van der Waals surface area (Å²) in [6.07, 6.45) is 8.09. The Labute approximate surface area is 209 Å². The van der Waals surface area contributed by atoms with Crippen LogP contribution < -0.4 is 14.5 Å². The number of nitriles is 1. The average molecular weight is 484 g/mol. The molecule has 3 aromatic rings. The molecule has 1 fully saturated rings. The van der Waals surface area contributed by atoms with Gasteiger partial charge in [0, 0.05) is 31.0 Å². The Morgan fingerprint density at radius 2 is 2.03 bits per heavy atom. The van der Waals surface area contributed by atoms with E-state index in [2.05, 4.69) is 20.9 Å². The van der Waals surface area contributed by atoms with Crippen LogP contribution in [0.3, 0.4) is 0 Å². The van der Waals surface area contributed by atoms with E-state index < -0.39 is 0 Å². The van der Waals surface area contributed by atoms with Crippen LogP contribution in [0.4, 0.5) is 11.5 Å². The Morgan fingerprint density at radius 3 is 2.75 bits per heavy atom. The van der Waals surface area contributed by atoms with Crippen LogP contribution in [0.1, 0.15) is 51.2 Å². The van der Waals surface area contributed by atoms with Gasteiger partial charge in [-0.25, -0.2) is 9.69 Å². The molecule has 0 radical (unpaired) electrons. The zero-order valence-corrected chi connectivity index (χ0v) is 20.1. The highest BCUT2D eigenvalue weighted by molar-refractivity contribution is 6.04. The summed E-state index contributed by atoms with van der Waals surface area (Å²) in [5, 5.41) is 10.1. The number of amides is 1. The first-order valence-corrected chi connectivity index (χ1v) is 12.0. The fourth-order valence-corrected chi connectivity index (χ4v) is 4.87. The summed E-state index contributed by atoms with van der Waals surface area (Å²) in [6.45, 7) is 1.91. The predicted octanol–water partition coefficient (Wildman–Crippen LogP) is 2.38. The number of nitrogens with zero attached hydrogens (tertiary/aromatic N) is 5. The highest BCUT2D eigenvalue weighted by Gasteiger charge is 2.39. The van der Waals surface area contributed by atoms with Gasteiger partial charge in [-0.3, -0.25) is 9.78 Å². The second kappa shape index (κ2) is 10.1. The lowest BCUT2D eigenvalue weighted by Gasteiger charge is -2.30. The number of benzene rings is 1. The standard InChI is InChI=1S/C27H26N6O3/c1-36-21-9-5-8-20(13-21)23(34)17-32-18-30-24-22(14-28)26(31-11-3-2-4-12-31)33(25(24)27(32)35)16-19-7-6-10-29-15-19/h5-10,13,15,18H,2-4,11-12,16-17H2,1H3/p+1. The van der Waals surface area contributed by atoms with Crippen molar-refractivity contribution in [2.75, 3.05) is 31.6 Å². The molecule has 0 bridgehead atoms. The zero-order valence-electron chi connectivity index (χ0n) is 20.1. The molecule has 36 heavy (non-hydrogen) atoms. The second-order valence-corrected chi connectivity index (χ2v) is 8.95. The molecule has 9 heteroatoms. The van der Waals surface area contributed by atoms with Crippen molar-refractivity contribution in [1.82, 2.24) is 9.55 Å². The molecule has 1 saturated heterocycles. The number of hydrogen-bond donors (Lipinski definition) is 1. The van der Waals surface area contributed by atoms with E-state index in [0.717, 1.165) is 43.7 Å². The predicted molar refractivity (Wildman–Crippen MR) is 134 cm³/mol. The summed E-state index contributed by atoms with van der Waals surface area (Å²) in [7, 11) is 1.54. The van der Waals surface area contributed by atoms with Crippen LogP contribution in [0.5, 0.6) is 5.75 Å². The Hall–Kier alpha value is -4.29. The number of carbonyl (C=O) groups excluding carboxylic acids is 2. The van der Waals surface area contributed by atoms with Crippen LogP contribution in [0.2, 0.25) is 0 Å². The first-order valence-electron chi connectivity index (χ1n) is 12.0. The van der Waals surface area contributed by atoms with Crippen molar-refractivity contribution in [3.05, 3.63) is 71.2 Å². The fraction of sp³-hybridized carbons (Fsp3) is 0.296. The van der Waals surface area contributed by atoms with E-state index in [0.29, 0.717) is 39.7 Å². The summed E-state index contributed by atoms with van der Waals surface area (Å²) < 4.78 is 7.12. The molecule has 2 aliphatic rings. The lowest BCUT2D eigenvalue weighted by molar-refractivity contribution is -0.694. The molecular formula is C27H27N6O3+. The molecule has 0 saturated carbocycles. The SMILES string of the molecule is COc1cccc(C(=O)C[NH+]2C=Nc3c(C#N)c(N4CCCCC4)n(Cc4cccnc4)c3C2=O)c1. The fourth-order valence-electron chi connectivity index (χ4n) is 4.87. The van der Waals surface area contributed by atoms with Gasteiger partial charge in [-0.2, -0.15) is 10.3 Å². The Kier molecular flexibility index (Phi) is 6.60. The van der Waals surface area contributed by atoms with Gasteiger partial charge in [0.1, 0.15) is 28.9 Å². The van der Waals surface area contributed by atoms with Gasteiger partial charge in [0.25, 0.3) is 0 Å². The maximum atomic E-state index is 13.8. The van der Waals surface area contributed by atoms with Crippen LogP contribution in [-0.4, -0.2) is 54.3 Å².